The molecular weight excluding hydrogens is 311 g/mol. The Balaban J connectivity index is 2.39. The fourth-order valence-corrected chi connectivity index (χ4v) is 3.08. The van der Waals surface area contributed by atoms with E-state index < -0.39 is 18.0 Å². The van der Waals surface area contributed by atoms with Gasteiger partial charge >= 0.3 is 6.18 Å². The second-order valence-corrected chi connectivity index (χ2v) is 5.45. The van der Waals surface area contributed by atoms with Gasteiger partial charge in [-0.2, -0.15) is 13.2 Å². The van der Waals surface area contributed by atoms with E-state index in [0.717, 1.165) is 18.1 Å². The first kappa shape index (κ1) is 15.3. The maximum atomic E-state index is 12.5. The molecule has 0 aliphatic carbocycles. The van der Waals surface area contributed by atoms with Gasteiger partial charge in [0.25, 0.3) is 0 Å². The molecule has 2 aromatic rings. The van der Waals surface area contributed by atoms with E-state index in [9.17, 15) is 18.3 Å². The molecule has 0 spiro atoms. The molecule has 0 saturated heterocycles. The SMILES string of the molecule is CCc1ccsc1C(O)c1ccc(C(F)(F)F)nc1Cl. The molecule has 108 valence electrons. The normalized spacial score (nSPS) is 13.5. The van der Waals surface area contributed by atoms with Crippen LogP contribution in [0.2, 0.25) is 5.15 Å². The number of alkyl halides is 3. The Hall–Kier alpha value is -1.11. The molecule has 20 heavy (non-hydrogen) atoms. The number of hydrogen-bond donors (Lipinski definition) is 1. The third-order valence-corrected chi connectivity index (χ3v) is 4.19. The van der Waals surface area contributed by atoms with E-state index in [2.05, 4.69) is 4.98 Å². The fraction of sp³-hybridized carbons (Fsp3) is 0.308. The monoisotopic (exact) mass is 321 g/mol. The number of thiophene rings is 1. The zero-order valence-corrected chi connectivity index (χ0v) is 12.0. The van der Waals surface area contributed by atoms with E-state index >= 15 is 0 Å². The lowest BCUT2D eigenvalue weighted by Crippen LogP contribution is -2.10. The van der Waals surface area contributed by atoms with Crippen LogP contribution in [-0.4, -0.2) is 10.1 Å². The Morgan fingerprint density at radius 2 is 2.05 bits per heavy atom. The molecule has 7 heteroatoms. The smallest absolute Gasteiger partial charge is 0.383 e. The van der Waals surface area contributed by atoms with E-state index in [1.54, 1.807) is 0 Å². The highest BCUT2D eigenvalue weighted by atomic mass is 35.5. The predicted molar refractivity (Wildman–Crippen MR) is 72.0 cm³/mol. The summed E-state index contributed by atoms with van der Waals surface area (Å²) in [5, 5.41) is 11.8. The van der Waals surface area contributed by atoms with Crippen molar-refractivity contribution < 1.29 is 18.3 Å². The average Bonchev–Trinajstić information content (AvgIpc) is 2.85. The summed E-state index contributed by atoms with van der Waals surface area (Å²) in [4.78, 5) is 3.99. The molecule has 0 radical (unpaired) electrons. The van der Waals surface area contributed by atoms with E-state index in [1.807, 2.05) is 18.4 Å². The Morgan fingerprint density at radius 3 is 2.60 bits per heavy atom. The Morgan fingerprint density at radius 1 is 1.35 bits per heavy atom. The minimum atomic E-state index is -4.55. The van der Waals surface area contributed by atoms with Gasteiger partial charge in [-0.05, 0) is 29.5 Å². The van der Waals surface area contributed by atoms with Crippen molar-refractivity contribution in [3.8, 4) is 0 Å². The van der Waals surface area contributed by atoms with Crippen LogP contribution in [0.15, 0.2) is 23.6 Å². The number of aromatic nitrogens is 1. The second-order valence-electron chi connectivity index (χ2n) is 4.14. The van der Waals surface area contributed by atoms with Gasteiger partial charge in [-0.15, -0.1) is 11.3 Å². The molecule has 2 nitrogen and oxygen atoms in total. The maximum absolute atomic E-state index is 12.5. The molecular formula is C13H11ClF3NOS. The molecule has 1 N–H and O–H groups in total. The third-order valence-electron chi connectivity index (χ3n) is 2.87. The van der Waals surface area contributed by atoms with Gasteiger partial charge in [-0.3, -0.25) is 0 Å². The van der Waals surface area contributed by atoms with E-state index in [1.165, 1.54) is 17.4 Å². The molecule has 0 fully saturated rings. The molecule has 0 aliphatic heterocycles. The number of aryl methyl sites for hydroxylation is 1. The molecule has 0 amide bonds. The van der Waals surface area contributed by atoms with Crippen molar-refractivity contribution in [1.29, 1.82) is 0 Å². The van der Waals surface area contributed by atoms with Gasteiger partial charge in [0.2, 0.25) is 0 Å². The highest BCUT2D eigenvalue weighted by Crippen LogP contribution is 2.35. The minimum absolute atomic E-state index is 0.178. The van der Waals surface area contributed by atoms with Gasteiger partial charge in [-0.1, -0.05) is 24.6 Å². The van der Waals surface area contributed by atoms with Crippen LogP contribution in [0.25, 0.3) is 0 Å². The van der Waals surface area contributed by atoms with Crippen molar-refractivity contribution in [2.75, 3.05) is 0 Å². The first-order chi connectivity index (χ1) is 9.34. The predicted octanol–water partition coefficient (Wildman–Crippen LogP) is 4.46. The maximum Gasteiger partial charge on any atom is 0.433 e. The van der Waals surface area contributed by atoms with Crippen LogP contribution in [0.4, 0.5) is 13.2 Å². The molecule has 0 aromatic carbocycles. The molecule has 2 aromatic heterocycles. The summed E-state index contributed by atoms with van der Waals surface area (Å²) in [6.07, 6.45) is -4.89. The second kappa shape index (κ2) is 5.71. The summed E-state index contributed by atoms with van der Waals surface area (Å²) < 4.78 is 37.5. The number of halogens is 4. The summed E-state index contributed by atoms with van der Waals surface area (Å²) >= 11 is 7.11. The molecule has 2 rings (SSSR count). The van der Waals surface area contributed by atoms with Crippen LogP contribution in [0.5, 0.6) is 0 Å². The lowest BCUT2D eigenvalue weighted by atomic mass is 10.1. The van der Waals surface area contributed by atoms with Crippen molar-refractivity contribution in [3.63, 3.8) is 0 Å². The summed E-state index contributed by atoms with van der Waals surface area (Å²) in [5.41, 5.74) is 0.0515. The van der Waals surface area contributed by atoms with Crippen molar-refractivity contribution in [3.05, 3.63) is 50.4 Å². The first-order valence-corrected chi connectivity index (χ1v) is 7.08. The highest BCUT2D eigenvalue weighted by molar-refractivity contribution is 7.10. The van der Waals surface area contributed by atoms with Gasteiger partial charge in [0.05, 0.1) is 0 Å². The van der Waals surface area contributed by atoms with Crippen molar-refractivity contribution in [2.45, 2.75) is 25.6 Å². The first-order valence-electron chi connectivity index (χ1n) is 5.82. The quantitative estimate of drug-likeness (QED) is 0.847. The van der Waals surface area contributed by atoms with Crippen LogP contribution in [0, 0.1) is 0 Å². The molecule has 0 aliphatic rings. The van der Waals surface area contributed by atoms with Crippen LogP contribution >= 0.6 is 22.9 Å². The Labute approximate surface area is 122 Å². The van der Waals surface area contributed by atoms with Gasteiger partial charge in [0.1, 0.15) is 17.0 Å². The lowest BCUT2D eigenvalue weighted by molar-refractivity contribution is -0.141. The molecule has 0 bridgehead atoms. The van der Waals surface area contributed by atoms with Gasteiger partial charge < -0.3 is 5.11 Å². The molecule has 1 unspecified atom stereocenters. The van der Waals surface area contributed by atoms with E-state index in [-0.39, 0.29) is 10.7 Å². The summed E-state index contributed by atoms with van der Waals surface area (Å²) in [6, 6.07) is 3.86. The molecule has 2 heterocycles. The highest BCUT2D eigenvalue weighted by Gasteiger charge is 2.33. The van der Waals surface area contributed by atoms with Crippen molar-refractivity contribution in [2.24, 2.45) is 0 Å². The van der Waals surface area contributed by atoms with Crippen LogP contribution in [0.1, 0.15) is 34.7 Å². The number of rotatable bonds is 3. The fourth-order valence-electron chi connectivity index (χ4n) is 1.83. The zero-order chi connectivity index (χ0) is 14.9. The van der Waals surface area contributed by atoms with Gasteiger partial charge in [0, 0.05) is 10.4 Å². The van der Waals surface area contributed by atoms with Crippen molar-refractivity contribution in [1.82, 2.24) is 4.98 Å². The summed E-state index contributed by atoms with van der Waals surface area (Å²) in [5.74, 6) is 0. The Bertz CT molecular complexity index is 612. The van der Waals surface area contributed by atoms with Gasteiger partial charge in [-0.25, -0.2) is 4.98 Å². The standard InChI is InChI=1S/C13H11ClF3NOS/c1-2-7-5-6-20-11(7)10(19)8-3-4-9(13(15,16)17)18-12(8)14/h3-6,10,19H,2H2,1H3. The number of hydrogen-bond acceptors (Lipinski definition) is 3. The number of pyridine rings is 1. The summed E-state index contributed by atoms with van der Waals surface area (Å²) in [7, 11) is 0. The summed E-state index contributed by atoms with van der Waals surface area (Å²) in [6.45, 7) is 1.94. The average molecular weight is 322 g/mol. The topological polar surface area (TPSA) is 33.1 Å². The van der Waals surface area contributed by atoms with Crippen LogP contribution in [0.3, 0.4) is 0 Å². The van der Waals surface area contributed by atoms with Crippen LogP contribution in [-0.2, 0) is 12.6 Å². The third kappa shape index (κ3) is 2.97. The van der Waals surface area contributed by atoms with E-state index in [0.29, 0.717) is 4.88 Å². The van der Waals surface area contributed by atoms with Crippen molar-refractivity contribution >= 4 is 22.9 Å². The Kier molecular flexibility index (Phi) is 4.36. The van der Waals surface area contributed by atoms with Gasteiger partial charge in [0.15, 0.2) is 0 Å². The largest absolute Gasteiger partial charge is 0.433 e. The number of aliphatic hydroxyl groups excluding tert-OH is 1. The number of nitrogens with zero attached hydrogens (tertiary/aromatic N) is 1. The molecule has 1 atom stereocenters. The molecule has 0 saturated carbocycles. The minimum Gasteiger partial charge on any atom is -0.383 e. The van der Waals surface area contributed by atoms with E-state index in [4.69, 9.17) is 11.6 Å². The zero-order valence-electron chi connectivity index (χ0n) is 10.4. The number of aliphatic hydroxyl groups is 1. The lowest BCUT2D eigenvalue weighted by Gasteiger charge is -2.14. The van der Waals surface area contributed by atoms with Crippen LogP contribution < -0.4 is 0 Å².